The van der Waals surface area contributed by atoms with Crippen LogP contribution in [-0.2, 0) is 11.3 Å². The van der Waals surface area contributed by atoms with E-state index in [-0.39, 0.29) is 0 Å². The van der Waals surface area contributed by atoms with Crippen LogP contribution in [0, 0.1) is 0 Å². The Bertz CT molecular complexity index is 302. The predicted octanol–water partition coefficient (Wildman–Crippen LogP) is 1.56. The van der Waals surface area contributed by atoms with Crippen LogP contribution >= 0.6 is 11.3 Å². The van der Waals surface area contributed by atoms with Crippen LogP contribution in [0.1, 0.15) is 18.7 Å². The summed E-state index contributed by atoms with van der Waals surface area (Å²) in [6.45, 7) is 9.97. The van der Waals surface area contributed by atoms with E-state index in [1.165, 1.54) is 4.88 Å². The Morgan fingerprint density at radius 3 is 2.84 bits per heavy atom. The molecule has 0 saturated heterocycles. The van der Waals surface area contributed by atoms with Crippen LogP contribution < -0.4 is 5.32 Å². The van der Waals surface area contributed by atoms with Gasteiger partial charge in [0, 0.05) is 24.5 Å². The summed E-state index contributed by atoms with van der Waals surface area (Å²) in [6.07, 6.45) is -0.434. The smallest absolute Gasteiger partial charge is 0.0897 e. The van der Waals surface area contributed by atoms with E-state index in [0.29, 0.717) is 19.8 Å². The van der Waals surface area contributed by atoms with E-state index in [1.54, 1.807) is 11.3 Å². The minimum atomic E-state index is -0.434. The number of likely N-dealkylation sites (N-methyl/N-ethyl adjacent to an activating group) is 1. The van der Waals surface area contributed by atoms with Gasteiger partial charge >= 0.3 is 0 Å². The first-order valence-corrected chi connectivity index (χ1v) is 7.85. The summed E-state index contributed by atoms with van der Waals surface area (Å²) in [7, 11) is 0. The molecule has 0 aliphatic rings. The van der Waals surface area contributed by atoms with Gasteiger partial charge in [-0.25, -0.2) is 0 Å². The Balaban J connectivity index is 1.97. The van der Waals surface area contributed by atoms with E-state index >= 15 is 0 Å². The fourth-order valence-corrected chi connectivity index (χ4v) is 2.44. The number of nitrogens with zero attached hydrogens (tertiary/aromatic N) is 1. The molecular weight excluding hydrogens is 260 g/mol. The lowest BCUT2D eigenvalue weighted by atomic mass is 10.3. The number of rotatable bonds is 11. The van der Waals surface area contributed by atoms with Gasteiger partial charge < -0.3 is 20.1 Å². The lowest BCUT2D eigenvalue weighted by Gasteiger charge is -2.19. The van der Waals surface area contributed by atoms with Crippen molar-refractivity contribution in [3.8, 4) is 0 Å². The van der Waals surface area contributed by atoms with Gasteiger partial charge in [0.15, 0.2) is 0 Å². The number of nitrogens with one attached hydrogen (secondary N) is 1. The number of hydrogen-bond acceptors (Lipinski definition) is 5. The van der Waals surface area contributed by atoms with E-state index in [0.717, 1.165) is 26.2 Å². The molecule has 0 radical (unpaired) electrons. The van der Waals surface area contributed by atoms with Gasteiger partial charge in [-0.3, -0.25) is 0 Å². The Kier molecular flexibility index (Phi) is 9.03. The number of ether oxygens (including phenoxy) is 1. The third-order valence-corrected chi connectivity index (χ3v) is 3.86. The average Bonchev–Trinajstić information content (AvgIpc) is 2.92. The van der Waals surface area contributed by atoms with Crippen molar-refractivity contribution in [2.75, 3.05) is 39.3 Å². The molecule has 2 N–H and O–H groups in total. The maximum Gasteiger partial charge on any atom is 0.0897 e. The van der Waals surface area contributed by atoms with Gasteiger partial charge in [0.05, 0.1) is 19.3 Å². The van der Waals surface area contributed by atoms with E-state index in [2.05, 4.69) is 24.1 Å². The van der Waals surface area contributed by atoms with Crippen LogP contribution in [0.3, 0.4) is 0 Å². The van der Waals surface area contributed by atoms with Gasteiger partial charge in [0.25, 0.3) is 0 Å². The molecule has 1 atom stereocenters. The van der Waals surface area contributed by atoms with E-state index < -0.39 is 6.10 Å². The molecule has 1 aromatic heterocycles. The van der Waals surface area contributed by atoms with Crippen LogP contribution in [0.5, 0.6) is 0 Å². The highest BCUT2D eigenvalue weighted by Crippen LogP contribution is 2.09. The van der Waals surface area contributed by atoms with Gasteiger partial charge in [-0.05, 0) is 24.5 Å². The summed E-state index contributed by atoms with van der Waals surface area (Å²) in [6, 6.07) is 4.05. The lowest BCUT2D eigenvalue weighted by molar-refractivity contribution is 0.0297. The zero-order valence-corrected chi connectivity index (χ0v) is 12.8. The zero-order chi connectivity index (χ0) is 13.9. The second kappa shape index (κ2) is 10.3. The van der Waals surface area contributed by atoms with E-state index in [9.17, 15) is 5.11 Å². The molecule has 110 valence electrons. The van der Waals surface area contributed by atoms with Gasteiger partial charge in [-0.15, -0.1) is 11.3 Å². The summed E-state index contributed by atoms with van der Waals surface area (Å²) in [4.78, 5) is 3.55. The van der Waals surface area contributed by atoms with Gasteiger partial charge in [0.1, 0.15) is 0 Å². The molecule has 0 aromatic carbocycles. The molecule has 1 rings (SSSR count). The Morgan fingerprint density at radius 1 is 1.42 bits per heavy atom. The number of thiophene rings is 1. The molecule has 19 heavy (non-hydrogen) atoms. The maximum absolute atomic E-state index is 9.76. The minimum absolute atomic E-state index is 0.385. The molecule has 1 unspecified atom stereocenters. The van der Waals surface area contributed by atoms with Crippen molar-refractivity contribution in [2.45, 2.75) is 26.6 Å². The van der Waals surface area contributed by atoms with Gasteiger partial charge in [-0.2, -0.15) is 0 Å². The molecule has 0 amide bonds. The van der Waals surface area contributed by atoms with Crippen molar-refractivity contribution in [1.82, 2.24) is 10.2 Å². The normalized spacial score (nSPS) is 13.1. The molecule has 0 saturated carbocycles. The van der Waals surface area contributed by atoms with Gasteiger partial charge in [-0.1, -0.05) is 19.9 Å². The van der Waals surface area contributed by atoms with Crippen molar-refractivity contribution < 1.29 is 9.84 Å². The molecular formula is C14H26N2O2S. The molecule has 0 aliphatic carbocycles. The Morgan fingerprint density at radius 2 is 2.21 bits per heavy atom. The van der Waals surface area contributed by atoms with Crippen molar-refractivity contribution in [3.63, 3.8) is 0 Å². The highest BCUT2D eigenvalue weighted by Gasteiger charge is 2.05. The third kappa shape index (κ3) is 7.64. The highest BCUT2D eigenvalue weighted by molar-refractivity contribution is 7.09. The summed E-state index contributed by atoms with van der Waals surface area (Å²) in [5.41, 5.74) is 0. The first kappa shape index (κ1) is 16.6. The van der Waals surface area contributed by atoms with Crippen LogP contribution in [-0.4, -0.2) is 55.4 Å². The molecule has 0 aliphatic heterocycles. The van der Waals surface area contributed by atoms with Crippen molar-refractivity contribution in [1.29, 1.82) is 0 Å². The second-order valence-electron chi connectivity index (χ2n) is 4.48. The lowest BCUT2D eigenvalue weighted by Crippen LogP contribution is -2.36. The summed E-state index contributed by atoms with van der Waals surface area (Å²) < 4.78 is 5.47. The number of aliphatic hydroxyl groups excluding tert-OH is 1. The van der Waals surface area contributed by atoms with E-state index in [4.69, 9.17) is 4.74 Å². The molecule has 5 heteroatoms. The Labute approximate surface area is 120 Å². The third-order valence-electron chi connectivity index (χ3n) is 3.01. The topological polar surface area (TPSA) is 44.7 Å². The highest BCUT2D eigenvalue weighted by atomic mass is 32.1. The first-order valence-electron chi connectivity index (χ1n) is 6.97. The molecule has 0 fully saturated rings. The molecule has 0 bridgehead atoms. The number of hydrogen-bond donors (Lipinski definition) is 2. The summed E-state index contributed by atoms with van der Waals surface area (Å²) >= 11 is 1.68. The Hall–Kier alpha value is -0.460. The fraction of sp³-hybridized carbons (Fsp3) is 0.714. The molecule has 1 heterocycles. The van der Waals surface area contributed by atoms with Crippen molar-refractivity contribution in [2.24, 2.45) is 0 Å². The largest absolute Gasteiger partial charge is 0.389 e. The van der Waals surface area contributed by atoms with Crippen LogP contribution in [0.15, 0.2) is 17.5 Å². The van der Waals surface area contributed by atoms with Crippen LogP contribution in [0.4, 0.5) is 0 Å². The minimum Gasteiger partial charge on any atom is -0.389 e. The van der Waals surface area contributed by atoms with Gasteiger partial charge in [0.2, 0.25) is 0 Å². The zero-order valence-electron chi connectivity index (χ0n) is 12.0. The molecule has 1 aromatic rings. The van der Waals surface area contributed by atoms with Crippen molar-refractivity contribution in [3.05, 3.63) is 22.4 Å². The van der Waals surface area contributed by atoms with E-state index in [1.807, 2.05) is 17.5 Å². The summed E-state index contributed by atoms with van der Waals surface area (Å²) in [5.74, 6) is 0. The predicted molar refractivity (Wildman–Crippen MR) is 80.6 cm³/mol. The fourth-order valence-electron chi connectivity index (χ4n) is 1.79. The van der Waals surface area contributed by atoms with Crippen LogP contribution in [0.25, 0.3) is 0 Å². The average molecular weight is 286 g/mol. The summed E-state index contributed by atoms with van der Waals surface area (Å²) in [5, 5.41) is 15.1. The van der Waals surface area contributed by atoms with Crippen molar-refractivity contribution >= 4 is 11.3 Å². The standard InChI is InChI=1S/C14H26N2O2S/c1-3-16(4-2)8-7-15-10-13(17)11-18-12-14-6-5-9-19-14/h5-6,9,13,15,17H,3-4,7-8,10-12H2,1-2H3. The van der Waals surface area contributed by atoms with Crippen LogP contribution in [0.2, 0.25) is 0 Å². The monoisotopic (exact) mass is 286 g/mol. The molecule has 4 nitrogen and oxygen atoms in total. The first-order chi connectivity index (χ1) is 9.26. The second-order valence-corrected chi connectivity index (χ2v) is 5.51. The molecule has 0 spiro atoms. The quantitative estimate of drug-likeness (QED) is 0.606. The SMILES string of the molecule is CCN(CC)CCNCC(O)COCc1cccs1. The number of aliphatic hydroxyl groups is 1. The maximum atomic E-state index is 9.76.